The zero-order valence-electron chi connectivity index (χ0n) is 14.1. The molecule has 26 heavy (non-hydrogen) atoms. The van der Waals surface area contributed by atoms with Crippen molar-refractivity contribution in [2.75, 3.05) is 38.1 Å². The summed E-state index contributed by atoms with van der Waals surface area (Å²) in [4.78, 5) is 39.2. The number of rotatable bonds is 4. The lowest BCUT2D eigenvalue weighted by atomic mass is 10.3. The number of hydrogen-bond acceptors (Lipinski definition) is 5. The molecule has 136 valence electrons. The predicted octanol–water partition coefficient (Wildman–Crippen LogP) is 1.81. The van der Waals surface area contributed by atoms with E-state index >= 15 is 0 Å². The Kier molecular flexibility index (Phi) is 5.52. The minimum atomic E-state index is -0.677. The van der Waals surface area contributed by atoms with Crippen molar-refractivity contribution in [1.82, 2.24) is 9.80 Å². The fourth-order valence-electron chi connectivity index (χ4n) is 2.57. The summed E-state index contributed by atoms with van der Waals surface area (Å²) in [6, 6.07) is 12.0. The molecule has 3 amide bonds. The number of para-hydroxylation sites is 1. The molecule has 0 unspecified atom stereocenters. The number of carbonyl (C=O) groups is 3. The average Bonchev–Trinajstić information content (AvgIpc) is 3.21. The highest BCUT2D eigenvalue weighted by Crippen LogP contribution is 2.09. The number of carbonyl (C=O) groups excluding carboxylic acids is 3. The van der Waals surface area contributed by atoms with Crippen molar-refractivity contribution < 1.29 is 23.5 Å². The number of piperazine rings is 1. The van der Waals surface area contributed by atoms with Gasteiger partial charge in [0.2, 0.25) is 5.76 Å². The molecular weight excluding hydrogens is 338 g/mol. The van der Waals surface area contributed by atoms with Gasteiger partial charge in [-0.15, -0.1) is 0 Å². The van der Waals surface area contributed by atoms with Crippen LogP contribution in [-0.4, -0.2) is 60.5 Å². The van der Waals surface area contributed by atoms with Crippen LogP contribution in [0.15, 0.2) is 53.1 Å². The van der Waals surface area contributed by atoms with Gasteiger partial charge in [-0.3, -0.25) is 4.79 Å². The number of urea groups is 1. The number of nitrogens with one attached hydrogen (secondary N) is 1. The molecule has 1 aliphatic rings. The zero-order chi connectivity index (χ0) is 18.4. The SMILES string of the molecule is O=C(OCC(=O)N1CCN(C(=O)Nc2ccccc2)CC1)c1ccco1. The summed E-state index contributed by atoms with van der Waals surface area (Å²) in [6.07, 6.45) is 1.36. The van der Waals surface area contributed by atoms with Crippen LogP contribution < -0.4 is 5.32 Å². The van der Waals surface area contributed by atoms with Crippen molar-refractivity contribution in [3.8, 4) is 0 Å². The van der Waals surface area contributed by atoms with Crippen LogP contribution in [0, 0.1) is 0 Å². The van der Waals surface area contributed by atoms with Crippen LogP contribution in [-0.2, 0) is 9.53 Å². The maximum absolute atomic E-state index is 12.2. The highest BCUT2D eigenvalue weighted by atomic mass is 16.5. The van der Waals surface area contributed by atoms with Gasteiger partial charge >= 0.3 is 12.0 Å². The molecule has 3 rings (SSSR count). The van der Waals surface area contributed by atoms with Gasteiger partial charge in [-0.2, -0.15) is 0 Å². The van der Waals surface area contributed by atoms with E-state index in [-0.39, 0.29) is 24.3 Å². The number of amides is 3. The summed E-state index contributed by atoms with van der Waals surface area (Å²) in [5, 5.41) is 2.82. The van der Waals surface area contributed by atoms with Crippen molar-refractivity contribution in [2.24, 2.45) is 0 Å². The summed E-state index contributed by atoms with van der Waals surface area (Å²) in [7, 11) is 0. The van der Waals surface area contributed by atoms with Crippen LogP contribution in [0.5, 0.6) is 0 Å². The number of hydrogen-bond donors (Lipinski definition) is 1. The Bertz CT molecular complexity index is 752. The van der Waals surface area contributed by atoms with Gasteiger partial charge in [0.1, 0.15) is 0 Å². The smallest absolute Gasteiger partial charge is 0.374 e. The summed E-state index contributed by atoms with van der Waals surface area (Å²) < 4.78 is 9.85. The molecule has 1 saturated heterocycles. The van der Waals surface area contributed by atoms with Crippen molar-refractivity contribution in [2.45, 2.75) is 0 Å². The van der Waals surface area contributed by atoms with E-state index in [1.54, 1.807) is 15.9 Å². The highest BCUT2D eigenvalue weighted by molar-refractivity contribution is 5.90. The predicted molar refractivity (Wildman–Crippen MR) is 92.6 cm³/mol. The molecule has 1 N–H and O–H groups in total. The van der Waals surface area contributed by atoms with Gasteiger partial charge in [0.05, 0.1) is 6.26 Å². The zero-order valence-corrected chi connectivity index (χ0v) is 14.1. The Morgan fingerprint density at radius 1 is 0.962 bits per heavy atom. The van der Waals surface area contributed by atoms with Gasteiger partial charge in [-0.25, -0.2) is 9.59 Å². The molecule has 2 heterocycles. The third-order valence-electron chi connectivity index (χ3n) is 3.99. The van der Waals surface area contributed by atoms with E-state index in [9.17, 15) is 14.4 Å². The standard InChI is InChI=1S/C18H19N3O5/c22-16(13-26-17(23)15-7-4-12-25-15)20-8-10-21(11-9-20)18(24)19-14-5-2-1-3-6-14/h1-7,12H,8-11,13H2,(H,19,24). The lowest BCUT2D eigenvalue weighted by Crippen LogP contribution is -2.52. The molecule has 2 aromatic rings. The van der Waals surface area contributed by atoms with Gasteiger partial charge in [0.25, 0.3) is 5.91 Å². The van der Waals surface area contributed by atoms with Gasteiger partial charge in [0, 0.05) is 31.9 Å². The largest absolute Gasteiger partial charge is 0.457 e. The minimum absolute atomic E-state index is 0.0557. The third kappa shape index (κ3) is 4.41. The monoisotopic (exact) mass is 357 g/mol. The molecule has 0 aliphatic carbocycles. The second-order valence-electron chi connectivity index (χ2n) is 5.72. The summed E-state index contributed by atoms with van der Waals surface area (Å²) >= 11 is 0. The lowest BCUT2D eigenvalue weighted by Gasteiger charge is -2.34. The lowest BCUT2D eigenvalue weighted by molar-refractivity contribution is -0.135. The molecule has 1 fully saturated rings. The molecule has 0 atom stereocenters. The maximum Gasteiger partial charge on any atom is 0.374 e. The quantitative estimate of drug-likeness (QED) is 0.843. The molecule has 1 aromatic carbocycles. The van der Waals surface area contributed by atoms with E-state index < -0.39 is 5.97 Å². The van der Waals surface area contributed by atoms with Crippen LogP contribution in [0.1, 0.15) is 10.6 Å². The molecule has 0 saturated carbocycles. The minimum Gasteiger partial charge on any atom is -0.457 e. The average molecular weight is 357 g/mol. The first kappa shape index (κ1) is 17.5. The summed E-state index contributed by atoms with van der Waals surface area (Å²) in [5.74, 6) is -0.919. The van der Waals surface area contributed by atoms with Gasteiger partial charge in [0.15, 0.2) is 6.61 Å². The molecule has 0 radical (unpaired) electrons. The number of benzene rings is 1. The maximum atomic E-state index is 12.2. The Labute approximate surface area is 150 Å². The summed E-state index contributed by atoms with van der Waals surface area (Å²) in [5.41, 5.74) is 0.723. The van der Waals surface area contributed by atoms with E-state index in [1.165, 1.54) is 12.3 Å². The molecule has 0 bridgehead atoms. The van der Waals surface area contributed by atoms with Gasteiger partial charge in [-0.1, -0.05) is 18.2 Å². The second-order valence-corrected chi connectivity index (χ2v) is 5.72. The van der Waals surface area contributed by atoms with Gasteiger partial charge < -0.3 is 24.3 Å². The fourth-order valence-corrected chi connectivity index (χ4v) is 2.57. The topological polar surface area (TPSA) is 92.1 Å². The van der Waals surface area contributed by atoms with E-state index in [4.69, 9.17) is 9.15 Å². The Hall–Kier alpha value is -3.29. The molecular formula is C18H19N3O5. The van der Waals surface area contributed by atoms with E-state index in [1.807, 2.05) is 30.3 Å². The van der Waals surface area contributed by atoms with E-state index in [0.717, 1.165) is 5.69 Å². The Morgan fingerprint density at radius 3 is 2.31 bits per heavy atom. The van der Waals surface area contributed by atoms with Crippen LogP contribution in [0.2, 0.25) is 0 Å². The van der Waals surface area contributed by atoms with Crippen molar-refractivity contribution in [3.63, 3.8) is 0 Å². The number of ether oxygens (including phenoxy) is 1. The van der Waals surface area contributed by atoms with Crippen LogP contribution in [0.4, 0.5) is 10.5 Å². The highest BCUT2D eigenvalue weighted by Gasteiger charge is 2.25. The first-order chi connectivity index (χ1) is 12.6. The molecule has 1 aromatic heterocycles. The van der Waals surface area contributed by atoms with Crippen molar-refractivity contribution in [3.05, 3.63) is 54.5 Å². The number of furan rings is 1. The normalized spacial score (nSPS) is 14.0. The summed E-state index contributed by atoms with van der Waals surface area (Å²) in [6.45, 7) is 1.25. The van der Waals surface area contributed by atoms with Crippen molar-refractivity contribution >= 4 is 23.6 Å². The molecule has 8 nitrogen and oxygen atoms in total. The molecule has 8 heteroatoms. The molecule has 0 spiro atoms. The number of esters is 1. The Morgan fingerprint density at radius 2 is 1.65 bits per heavy atom. The van der Waals surface area contributed by atoms with Gasteiger partial charge in [-0.05, 0) is 24.3 Å². The van der Waals surface area contributed by atoms with E-state index in [2.05, 4.69) is 5.32 Å². The van der Waals surface area contributed by atoms with Crippen LogP contribution in [0.25, 0.3) is 0 Å². The van der Waals surface area contributed by atoms with Crippen LogP contribution >= 0.6 is 0 Å². The Balaban J connectivity index is 1.42. The first-order valence-corrected chi connectivity index (χ1v) is 8.23. The second kappa shape index (κ2) is 8.19. The third-order valence-corrected chi connectivity index (χ3v) is 3.99. The molecule has 1 aliphatic heterocycles. The van der Waals surface area contributed by atoms with Crippen LogP contribution in [0.3, 0.4) is 0 Å². The number of anilines is 1. The number of nitrogens with zero attached hydrogens (tertiary/aromatic N) is 2. The fraction of sp³-hybridized carbons (Fsp3) is 0.278. The van der Waals surface area contributed by atoms with Crippen molar-refractivity contribution in [1.29, 1.82) is 0 Å². The van der Waals surface area contributed by atoms with E-state index in [0.29, 0.717) is 26.2 Å². The first-order valence-electron chi connectivity index (χ1n) is 8.23.